The first-order valence-electron chi connectivity index (χ1n) is 8.47. The van der Waals surface area contributed by atoms with Gasteiger partial charge in [0.2, 0.25) is 11.8 Å². The first-order valence-corrected chi connectivity index (χ1v) is 8.47. The molecule has 0 heterocycles. The lowest BCUT2D eigenvalue weighted by atomic mass is 10.1. The standard InChI is InChI=1S/C20H22N2O3/c1-13-7-10-16(21-20(25)15-8-9-15)11-17(13)22-19(24)12-18(23)14-5-3-2-4-6-14/h2-7,10-11,15,18,23H,8-9,12H2,1H3,(H,21,25)(H,22,24). The summed E-state index contributed by atoms with van der Waals surface area (Å²) in [6, 6.07) is 14.5. The average Bonchev–Trinajstić information content (AvgIpc) is 3.43. The molecule has 2 aromatic carbocycles. The Bertz CT molecular complexity index is 770. The molecule has 3 N–H and O–H groups in total. The predicted molar refractivity (Wildman–Crippen MR) is 97.2 cm³/mol. The summed E-state index contributed by atoms with van der Waals surface area (Å²) in [5, 5.41) is 15.9. The van der Waals surface area contributed by atoms with Crippen molar-refractivity contribution in [2.24, 2.45) is 5.92 Å². The number of hydrogen-bond acceptors (Lipinski definition) is 3. The summed E-state index contributed by atoms with van der Waals surface area (Å²) in [6.07, 6.45) is 1.01. The number of carbonyl (C=O) groups is 2. The highest BCUT2D eigenvalue weighted by Gasteiger charge is 2.29. The minimum Gasteiger partial charge on any atom is -0.388 e. The zero-order valence-corrected chi connectivity index (χ0v) is 14.2. The number of aliphatic hydroxyl groups is 1. The molecule has 25 heavy (non-hydrogen) atoms. The van der Waals surface area contributed by atoms with Crippen LogP contribution >= 0.6 is 0 Å². The average molecular weight is 338 g/mol. The van der Waals surface area contributed by atoms with E-state index in [0.29, 0.717) is 16.9 Å². The third kappa shape index (κ3) is 4.67. The highest BCUT2D eigenvalue weighted by molar-refractivity contribution is 5.96. The summed E-state index contributed by atoms with van der Waals surface area (Å²) in [4.78, 5) is 24.1. The van der Waals surface area contributed by atoms with E-state index in [2.05, 4.69) is 10.6 Å². The predicted octanol–water partition coefficient (Wildman–Crippen LogP) is 3.41. The Morgan fingerprint density at radius 1 is 1.12 bits per heavy atom. The van der Waals surface area contributed by atoms with E-state index in [4.69, 9.17) is 0 Å². The third-order valence-corrected chi connectivity index (χ3v) is 4.29. The molecule has 3 rings (SSSR count). The molecule has 0 radical (unpaired) electrons. The van der Waals surface area contributed by atoms with Crippen LogP contribution in [0.1, 0.15) is 36.5 Å². The highest BCUT2D eigenvalue weighted by atomic mass is 16.3. The molecule has 2 amide bonds. The van der Waals surface area contributed by atoms with E-state index >= 15 is 0 Å². The SMILES string of the molecule is Cc1ccc(NC(=O)C2CC2)cc1NC(=O)CC(O)c1ccccc1. The van der Waals surface area contributed by atoms with Gasteiger partial charge in [-0.1, -0.05) is 36.4 Å². The molecule has 1 aliphatic rings. The van der Waals surface area contributed by atoms with Crippen molar-refractivity contribution >= 4 is 23.2 Å². The quantitative estimate of drug-likeness (QED) is 0.755. The number of carbonyl (C=O) groups excluding carboxylic acids is 2. The second-order valence-corrected chi connectivity index (χ2v) is 6.47. The van der Waals surface area contributed by atoms with Crippen LogP contribution in [0.5, 0.6) is 0 Å². The number of nitrogens with one attached hydrogen (secondary N) is 2. The molecule has 5 heteroatoms. The molecule has 0 spiro atoms. The first kappa shape index (κ1) is 17.2. The van der Waals surface area contributed by atoms with Crippen LogP contribution < -0.4 is 10.6 Å². The summed E-state index contributed by atoms with van der Waals surface area (Å²) in [7, 11) is 0. The fourth-order valence-corrected chi connectivity index (χ4v) is 2.59. The Hall–Kier alpha value is -2.66. The van der Waals surface area contributed by atoms with E-state index in [1.807, 2.05) is 37.3 Å². The van der Waals surface area contributed by atoms with Gasteiger partial charge in [-0.3, -0.25) is 9.59 Å². The minimum absolute atomic E-state index is 0.0257. The Kier molecular flexibility index (Phi) is 5.14. The molecule has 1 aliphatic carbocycles. The Labute approximate surface area is 147 Å². The third-order valence-electron chi connectivity index (χ3n) is 4.29. The smallest absolute Gasteiger partial charge is 0.227 e. The lowest BCUT2D eigenvalue weighted by Crippen LogP contribution is -2.17. The van der Waals surface area contributed by atoms with Crippen LogP contribution in [0.25, 0.3) is 0 Å². The van der Waals surface area contributed by atoms with Crippen molar-refractivity contribution in [1.29, 1.82) is 0 Å². The van der Waals surface area contributed by atoms with Gasteiger partial charge >= 0.3 is 0 Å². The Balaban J connectivity index is 1.62. The van der Waals surface area contributed by atoms with Crippen LogP contribution in [0.3, 0.4) is 0 Å². The van der Waals surface area contributed by atoms with Gasteiger partial charge in [-0.15, -0.1) is 0 Å². The van der Waals surface area contributed by atoms with E-state index in [-0.39, 0.29) is 24.2 Å². The van der Waals surface area contributed by atoms with Crippen LogP contribution in [-0.2, 0) is 9.59 Å². The van der Waals surface area contributed by atoms with Gasteiger partial charge in [0.1, 0.15) is 0 Å². The van der Waals surface area contributed by atoms with Crippen molar-refractivity contribution in [3.8, 4) is 0 Å². The van der Waals surface area contributed by atoms with Gasteiger partial charge in [-0.05, 0) is 43.0 Å². The summed E-state index contributed by atoms with van der Waals surface area (Å²) in [5.41, 5.74) is 2.91. The van der Waals surface area contributed by atoms with Crippen molar-refractivity contribution in [1.82, 2.24) is 0 Å². The van der Waals surface area contributed by atoms with Crippen molar-refractivity contribution in [3.63, 3.8) is 0 Å². The zero-order chi connectivity index (χ0) is 17.8. The van der Waals surface area contributed by atoms with Gasteiger partial charge in [-0.2, -0.15) is 0 Å². The largest absolute Gasteiger partial charge is 0.388 e. The van der Waals surface area contributed by atoms with Crippen LogP contribution in [-0.4, -0.2) is 16.9 Å². The van der Waals surface area contributed by atoms with Gasteiger partial charge in [0.25, 0.3) is 0 Å². The molecule has 0 aromatic heterocycles. The van der Waals surface area contributed by atoms with Gasteiger partial charge in [0, 0.05) is 17.3 Å². The number of aliphatic hydroxyl groups excluding tert-OH is 1. The highest BCUT2D eigenvalue weighted by Crippen LogP contribution is 2.31. The minimum atomic E-state index is -0.848. The van der Waals surface area contributed by atoms with Gasteiger partial charge in [0.05, 0.1) is 12.5 Å². The second kappa shape index (κ2) is 7.49. The van der Waals surface area contributed by atoms with Crippen molar-refractivity contribution < 1.29 is 14.7 Å². The summed E-state index contributed by atoms with van der Waals surface area (Å²) in [6.45, 7) is 1.88. The number of hydrogen-bond donors (Lipinski definition) is 3. The van der Waals surface area contributed by atoms with Crippen molar-refractivity contribution in [2.75, 3.05) is 10.6 Å². The van der Waals surface area contributed by atoms with E-state index < -0.39 is 6.10 Å². The van der Waals surface area contributed by atoms with Crippen LogP contribution in [0, 0.1) is 12.8 Å². The monoisotopic (exact) mass is 338 g/mol. The van der Waals surface area contributed by atoms with Crippen LogP contribution in [0.15, 0.2) is 48.5 Å². The molecule has 0 bridgehead atoms. The number of rotatable bonds is 6. The Morgan fingerprint density at radius 2 is 1.84 bits per heavy atom. The molecule has 1 fully saturated rings. The molecule has 1 atom stereocenters. The first-order chi connectivity index (χ1) is 12.0. The van der Waals surface area contributed by atoms with Gasteiger partial charge < -0.3 is 15.7 Å². The summed E-state index contributed by atoms with van der Waals surface area (Å²) < 4.78 is 0. The van der Waals surface area contributed by atoms with E-state index in [1.165, 1.54) is 0 Å². The molecule has 130 valence electrons. The molecular weight excluding hydrogens is 316 g/mol. The normalized spacial score (nSPS) is 14.6. The zero-order valence-electron chi connectivity index (χ0n) is 14.2. The molecule has 2 aromatic rings. The maximum Gasteiger partial charge on any atom is 0.227 e. The van der Waals surface area contributed by atoms with Crippen LogP contribution in [0.4, 0.5) is 11.4 Å². The molecule has 0 aliphatic heterocycles. The van der Waals surface area contributed by atoms with Gasteiger partial charge in [0.15, 0.2) is 0 Å². The van der Waals surface area contributed by atoms with Crippen LogP contribution in [0.2, 0.25) is 0 Å². The lowest BCUT2D eigenvalue weighted by Gasteiger charge is -2.14. The summed E-state index contributed by atoms with van der Waals surface area (Å²) >= 11 is 0. The van der Waals surface area contributed by atoms with Crippen molar-refractivity contribution in [3.05, 3.63) is 59.7 Å². The van der Waals surface area contributed by atoms with Crippen molar-refractivity contribution in [2.45, 2.75) is 32.3 Å². The fourth-order valence-electron chi connectivity index (χ4n) is 2.59. The maximum atomic E-state index is 12.2. The Morgan fingerprint density at radius 3 is 2.52 bits per heavy atom. The molecule has 1 saturated carbocycles. The second-order valence-electron chi connectivity index (χ2n) is 6.47. The molecule has 1 unspecified atom stereocenters. The van der Waals surface area contributed by atoms with E-state index in [0.717, 1.165) is 18.4 Å². The number of amides is 2. The molecule has 0 saturated heterocycles. The lowest BCUT2D eigenvalue weighted by molar-refractivity contribution is -0.118. The van der Waals surface area contributed by atoms with Gasteiger partial charge in [-0.25, -0.2) is 0 Å². The molecular formula is C20H22N2O3. The number of benzene rings is 2. The topological polar surface area (TPSA) is 78.4 Å². The fraction of sp³-hybridized carbons (Fsp3) is 0.300. The van der Waals surface area contributed by atoms with E-state index in [9.17, 15) is 14.7 Å². The van der Waals surface area contributed by atoms with E-state index in [1.54, 1.807) is 18.2 Å². The summed E-state index contributed by atoms with van der Waals surface area (Å²) in [5.74, 6) is -0.119. The molecule has 5 nitrogen and oxygen atoms in total. The maximum absolute atomic E-state index is 12.2. The number of anilines is 2. The number of aryl methyl sites for hydroxylation is 1.